The summed E-state index contributed by atoms with van der Waals surface area (Å²) in [5, 5.41) is 3.53. The Morgan fingerprint density at radius 3 is 2.50 bits per heavy atom. The smallest absolute Gasteiger partial charge is 0.00642 e. The van der Waals surface area contributed by atoms with Crippen molar-refractivity contribution in [3.8, 4) is 0 Å². The summed E-state index contributed by atoms with van der Waals surface area (Å²) in [6.07, 6.45) is 14.1. The van der Waals surface area contributed by atoms with Crippen LogP contribution in [0.1, 0.15) is 63.4 Å². The first-order chi connectivity index (χ1) is 9.88. The third-order valence-corrected chi connectivity index (χ3v) is 4.92. The van der Waals surface area contributed by atoms with Gasteiger partial charge in [-0.15, -0.1) is 0 Å². The van der Waals surface area contributed by atoms with E-state index in [-0.39, 0.29) is 0 Å². The molecule has 1 saturated carbocycles. The topological polar surface area (TPSA) is 12.0 Å². The van der Waals surface area contributed by atoms with Crippen molar-refractivity contribution in [2.45, 2.75) is 70.3 Å². The minimum absolute atomic E-state index is 0.723. The van der Waals surface area contributed by atoms with Crippen LogP contribution >= 0.6 is 0 Å². The van der Waals surface area contributed by atoms with E-state index in [2.05, 4.69) is 42.7 Å². The summed E-state index contributed by atoms with van der Waals surface area (Å²) >= 11 is 0. The van der Waals surface area contributed by atoms with Crippen molar-refractivity contribution >= 4 is 0 Å². The van der Waals surface area contributed by atoms with E-state index in [1.165, 1.54) is 69.8 Å². The molecule has 0 bridgehead atoms. The minimum atomic E-state index is 0.723. The molecule has 112 valence electrons. The summed E-state index contributed by atoms with van der Waals surface area (Å²) in [4.78, 5) is 0. The van der Waals surface area contributed by atoms with Crippen LogP contribution < -0.4 is 5.32 Å². The molecule has 20 heavy (non-hydrogen) atoms. The molecule has 0 aromatic heterocycles. The number of hydrogen-bond donors (Lipinski definition) is 1. The highest BCUT2D eigenvalue weighted by atomic mass is 14.9. The van der Waals surface area contributed by atoms with Gasteiger partial charge in [-0.3, -0.25) is 0 Å². The number of nitrogens with one attached hydrogen (secondary N) is 1. The molecule has 1 aliphatic carbocycles. The van der Waals surface area contributed by atoms with Crippen LogP contribution in [0.2, 0.25) is 0 Å². The van der Waals surface area contributed by atoms with Crippen LogP contribution in [0.5, 0.6) is 0 Å². The van der Waals surface area contributed by atoms with E-state index in [0.29, 0.717) is 0 Å². The normalized spacial score (nSPS) is 18.1. The summed E-state index contributed by atoms with van der Waals surface area (Å²) in [6.45, 7) is 0. The highest BCUT2D eigenvalue weighted by molar-refractivity contribution is 5.14. The van der Waals surface area contributed by atoms with Gasteiger partial charge in [-0.2, -0.15) is 0 Å². The minimum Gasteiger partial charge on any atom is -0.317 e. The van der Waals surface area contributed by atoms with E-state index in [0.717, 1.165) is 12.0 Å². The fourth-order valence-corrected chi connectivity index (χ4v) is 3.54. The summed E-state index contributed by atoms with van der Waals surface area (Å²) < 4.78 is 0. The molecule has 2 rings (SSSR count). The van der Waals surface area contributed by atoms with E-state index in [1.54, 1.807) is 0 Å². The molecule has 0 saturated heterocycles. The summed E-state index contributed by atoms with van der Waals surface area (Å²) in [5.74, 6) is 1.02. The Hall–Kier alpha value is -0.820. The Morgan fingerprint density at radius 2 is 1.80 bits per heavy atom. The lowest BCUT2D eigenvalue weighted by atomic mass is 9.84. The van der Waals surface area contributed by atoms with Crippen LogP contribution in [0, 0.1) is 5.92 Å². The van der Waals surface area contributed by atoms with Gasteiger partial charge in [0.15, 0.2) is 0 Å². The van der Waals surface area contributed by atoms with Crippen molar-refractivity contribution in [3.63, 3.8) is 0 Å². The molecule has 1 heteroatoms. The predicted molar refractivity (Wildman–Crippen MR) is 88.0 cm³/mol. The van der Waals surface area contributed by atoms with Gasteiger partial charge in [0.05, 0.1) is 0 Å². The van der Waals surface area contributed by atoms with Crippen molar-refractivity contribution in [1.29, 1.82) is 0 Å². The first-order valence-electron chi connectivity index (χ1n) is 8.59. The van der Waals surface area contributed by atoms with Crippen molar-refractivity contribution < 1.29 is 0 Å². The molecule has 0 heterocycles. The molecule has 0 aliphatic heterocycles. The van der Waals surface area contributed by atoms with E-state index in [9.17, 15) is 0 Å². The van der Waals surface area contributed by atoms with Crippen LogP contribution in [-0.4, -0.2) is 13.1 Å². The molecular formula is C19H31N. The molecule has 1 fully saturated rings. The van der Waals surface area contributed by atoms with E-state index < -0.39 is 0 Å². The second-order valence-corrected chi connectivity index (χ2v) is 6.44. The van der Waals surface area contributed by atoms with Gasteiger partial charge in [-0.1, -0.05) is 62.4 Å². The second-order valence-electron chi connectivity index (χ2n) is 6.44. The maximum Gasteiger partial charge on any atom is 0.00642 e. The zero-order valence-electron chi connectivity index (χ0n) is 13.1. The third kappa shape index (κ3) is 5.66. The highest BCUT2D eigenvalue weighted by Crippen LogP contribution is 2.28. The van der Waals surface area contributed by atoms with Gasteiger partial charge >= 0.3 is 0 Å². The molecule has 1 unspecified atom stereocenters. The van der Waals surface area contributed by atoms with Crippen molar-refractivity contribution in [2.24, 2.45) is 5.92 Å². The first kappa shape index (κ1) is 15.6. The Morgan fingerprint density at radius 1 is 1.05 bits per heavy atom. The fraction of sp³-hybridized carbons (Fsp3) is 0.684. The summed E-state index contributed by atoms with van der Waals surface area (Å²) in [7, 11) is 2.13. The number of aryl methyl sites for hydroxylation is 1. The van der Waals surface area contributed by atoms with Crippen LogP contribution in [0.25, 0.3) is 0 Å². The van der Waals surface area contributed by atoms with Gasteiger partial charge < -0.3 is 5.32 Å². The van der Waals surface area contributed by atoms with Crippen molar-refractivity contribution in [3.05, 3.63) is 35.9 Å². The highest BCUT2D eigenvalue weighted by Gasteiger charge is 2.15. The van der Waals surface area contributed by atoms with Gasteiger partial charge in [0.1, 0.15) is 0 Å². The van der Waals surface area contributed by atoms with E-state index in [4.69, 9.17) is 0 Å². The van der Waals surface area contributed by atoms with E-state index in [1.807, 2.05) is 0 Å². The maximum atomic E-state index is 3.53. The zero-order chi connectivity index (χ0) is 14.0. The summed E-state index contributed by atoms with van der Waals surface area (Å²) in [6, 6.07) is 11.6. The first-order valence-corrected chi connectivity index (χ1v) is 8.59. The van der Waals surface area contributed by atoms with Crippen molar-refractivity contribution in [2.75, 3.05) is 7.05 Å². The third-order valence-electron chi connectivity index (χ3n) is 4.92. The Kier molecular flexibility index (Phi) is 7.14. The van der Waals surface area contributed by atoms with Crippen LogP contribution in [0.4, 0.5) is 0 Å². The Labute approximate surface area is 125 Å². The van der Waals surface area contributed by atoms with Crippen LogP contribution in [0.3, 0.4) is 0 Å². The van der Waals surface area contributed by atoms with E-state index >= 15 is 0 Å². The lowest BCUT2D eigenvalue weighted by Gasteiger charge is -2.24. The van der Waals surface area contributed by atoms with Crippen LogP contribution in [0.15, 0.2) is 30.3 Å². The molecule has 1 atom stereocenters. The second kappa shape index (κ2) is 9.18. The Balaban J connectivity index is 1.61. The molecule has 1 nitrogen and oxygen atoms in total. The largest absolute Gasteiger partial charge is 0.317 e. The fourth-order valence-electron chi connectivity index (χ4n) is 3.54. The molecule has 1 aliphatic rings. The Bertz CT molecular complexity index is 340. The molecule has 0 amide bonds. The van der Waals surface area contributed by atoms with Gasteiger partial charge in [-0.05, 0) is 50.6 Å². The number of rotatable bonds is 8. The average Bonchev–Trinajstić information content (AvgIpc) is 2.52. The van der Waals surface area contributed by atoms with Crippen LogP contribution in [-0.2, 0) is 6.42 Å². The standard InChI is InChI=1S/C19H31N/c1-20-19(16-15-18-11-6-3-7-12-18)14-8-13-17-9-4-2-5-10-17/h2,4-5,9-10,18-20H,3,6-8,11-16H2,1H3. The van der Waals surface area contributed by atoms with Gasteiger partial charge in [-0.25, -0.2) is 0 Å². The summed E-state index contributed by atoms with van der Waals surface area (Å²) in [5.41, 5.74) is 1.48. The number of hydrogen-bond acceptors (Lipinski definition) is 1. The van der Waals surface area contributed by atoms with Crippen molar-refractivity contribution in [1.82, 2.24) is 5.32 Å². The average molecular weight is 273 g/mol. The predicted octanol–water partition coefficient (Wildman–Crippen LogP) is 4.96. The molecule has 0 spiro atoms. The molecule has 0 radical (unpaired) electrons. The maximum absolute atomic E-state index is 3.53. The number of benzene rings is 1. The quantitative estimate of drug-likeness (QED) is 0.706. The van der Waals surface area contributed by atoms with Gasteiger partial charge in [0.2, 0.25) is 0 Å². The molecule has 1 N–H and O–H groups in total. The molecule has 1 aromatic carbocycles. The lowest BCUT2D eigenvalue weighted by molar-refractivity contribution is 0.311. The van der Waals surface area contributed by atoms with Gasteiger partial charge in [0.25, 0.3) is 0 Å². The lowest BCUT2D eigenvalue weighted by Crippen LogP contribution is -2.26. The molecular weight excluding hydrogens is 242 g/mol. The zero-order valence-corrected chi connectivity index (χ0v) is 13.1. The monoisotopic (exact) mass is 273 g/mol. The van der Waals surface area contributed by atoms with Gasteiger partial charge in [0, 0.05) is 6.04 Å². The molecule has 1 aromatic rings. The SMILES string of the molecule is CNC(CCCc1ccccc1)CCC1CCCCC1.